The molecule has 4 heteroatoms. The first-order valence-electron chi connectivity index (χ1n) is 7.78. The Kier molecular flexibility index (Phi) is 5.62. The van der Waals surface area contributed by atoms with Gasteiger partial charge in [0, 0.05) is 19.0 Å². The summed E-state index contributed by atoms with van der Waals surface area (Å²) >= 11 is 0. The summed E-state index contributed by atoms with van der Waals surface area (Å²) in [6, 6.07) is 8.66. The molecule has 0 radical (unpaired) electrons. The van der Waals surface area contributed by atoms with Crippen LogP contribution in [0.5, 0.6) is 5.75 Å². The third-order valence-electron chi connectivity index (χ3n) is 4.30. The number of carbonyl (C=O) groups is 1. The number of benzene rings is 1. The second kappa shape index (κ2) is 7.46. The number of likely N-dealkylation sites (tertiary alicyclic amines) is 1. The molecule has 1 N–H and O–H groups in total. The molecule has 0 aromatic heterocycles. The zero-order chi connectivity index (χ0) is 15.2. The van der Waals surface area contributed by atoms with Gasteiger partial charge in [-0.25, -0.2) is 0 Å². The molecule has 1 aliphatic rings. The van der Waals surface area contributed by atoms with Gasteiger partial charge in [-0.2, -0.15) is 0 Å². The highest BCUT2D eigenvalue weighted by Gasteiger charge is 2.26. The lowest BCUT2D eigenvalue weighted by Crippen LogP contribution is -2.24. The van der Waals surface area contributed by atoms with Crippen molar-refractivity contribution in [3.05, 3.63) is 29.8 Å². The number of aliphatic carboxylic acids is 1. The molecular weight excluding hydrogens is 266 g/mol. The average Bonchev–Trinajstić information content (AvgIpc) is 2.94. The van der Waals surface area contributed by atoms with Gasteiger partial charge in [-0.3, -0.25) is 9.69 Å². The van der Waals surface area contributed by atoms with Crippen molar-refractivity contribution >= 4 is 5.97 Å². The van der Waals surface area contributed by atoms with E-state index in [1.807, 2.05) is 19.1 Å². The maximum Gasteiger partial charge on any atom is 0.303 e. The minimum Gasteiger partial charge on any atom is -0.494 e. The number of hydrogen-bond donors (Lipinski definition) is 1. The largest absolute Gasteiger partial charge is 0.494 e. The van der Waals surface area contributed by atoms with Crippen molar-refractivity contribution < 1.29 is 14.6 Å². The Morgan fingerprint density at radius 2 is 2.14 bits per heavy atom. The van der Waals surface area contributed by atoms with E-state index in [1.165, 1.54) is 5.56 Å². The van der Waals surface area contributed by atoms with E-state index in [0.717, 1.165) is 31.7 Å². The second-order valence-corrected chi connectivity index (χ2v) is 5.76. The van der Waals surface area contributed by atoms with Gasteiger partial charge < -0.3 is 9.84 Å². The molecule has 21 heavy (non-hydrogen) atoms. The van der Waals surface area contributed by atoms with E-state index >= 15 is 0 Å². The van der Waals surface area contributed by atoms with Crippen LogP contribution in [0.2, 0.25) is 0 Å². The molecule has 1 saturated heterocycles. The average molecular weight is 291 g/mol. The molecule has 0 spiro atoms. The van der Waals surface area contributed by atoms with Crippen LogP contribution in [-0.2, 0) is 4.79 Å². The number of ether oxygens (including phenoxy) is 1. The molecule has 1 heterocycles. The lowest BCUT2D eigenvalue weighted by Gasteiger charge is -2.25. The van der Waals surface area contributed by atoms with Crippen LogP contribution < -0.4 is 4.74 Å². The third kappa shape index (κ3) is 4.46. The normalized spacial score (nSPS) is 20.4. The summed E-state index contributed by atoms with van der Waals surface area (Å²) in [5, 5.41) is 8.77. The highest BCUT2D eigenvalue weighted by Crippen LogP contribution is 2.30. The topological polar surface area (TPSA) is 49.8 Å². The second-order valence-electron chi connectivity index (χ2n) is 5.76. The molecule has 116 valence electrons. The first-order valence-corrected chi connectivity index (χ1v) is 7.78. The number of carboxylic acid groups (broad SMARTS) is 1. The van der Waals surface area contributed by atoms with Gasteiger partial charge >= 0.3 is 5.97 Å². The molecule has 2 atom stereocenters. The molecule has 0 bridgehead atoms. The fourth-order valence-electron chi connectivity index (χ4n) is 3.00. The maximum atomic E-state index is 10.7. The monoisotopic (exact) mass is 291 g/mol. The lowest BCUT2D eigenvalue weighted by molar-refractivity contribution is -0.137. The zero-order valence-corrected chi connectivity index (χ0v) is 12.9. The molecule has 1 aromatic carbocycles. The quantitative estimate of drug-likeness (QED) is 0.837. The summed E-state index contributed by atoms with van der Waals surface area (Å²) in [7, 11) is 0. The van der Waals surface area contributed by atoms with Crippen LogP contribution in [0.4, 0.5) is 0 Å². The summed E-state index contributed by atoms with van der Waals surface area (Å²) in [5.41, 5.74) is 1.29. The number of hydrogen-bond acceptors (Lipinski definition) is 3. The minimum atomic E-state index is -0.687. The van der Waals surface area contributed by atoms with Gasteiger partial charge in [-0.05, 0) is 56.8 Å². The molecule has 0 saturated carbocycles. The summed E-state index contributed by atoms with van der Waals surface area (Å²) in [6.07, 6.45) is 2.19. The van der Waals surface area contributed by atoms with Crippen LogP contribution in [0.15, 0.2) is 24.3 Å². The fraction of sp³-hybridized carbons (Fsp3) is 0.588. The SMILES string of the molecule is CCOc1ccc(C(C)N2CCC(CCC(=O)O)C2)cc1. The Balaban J connectivity index is 1.88. The van der Waals surface area contributed by atoms with Gasteiger partial charge in [0.2, 0.25) is 0 Å². The number of nitrogens with zero attached hydrogens (tertiary/aromatic N) is 1. The summed E-state index contributed by atoms with van der Waals surface area (Å²) in [4.78, 5) is 13.1. The summed E-state index contributed by atoms with van der Waals surface area (Å²) in [5.74, 6) is 0.744. The fourth-order valence-corrected chi connectivity index (χ4v) is 3.00. The van der Waals surface area contributed by atoms with Crippen molar-refractivity contribution in [3.8, 4) is 5.75 Å². The highest BCUT2D eigenvalue weighted by atomic mass is 16.5. The van der Waals surface area contributed by atoms with E-state index in [0.29, 0.717) is 18.6 Å². The Morgan fingerprint density at radius 3 is 2.76 bits per heavy atom. The van der Waals surface area contributed by atoms with Crippen LogP contribution in [0, 0.1) is 5.92 Å². The van der Waals surface area contributed by atoms with Gasteiger partial charge in [0.05, 0.1) is 6.61 Å². The molecule has 1 fully saturated rings. The molecule has 0 aliphatic carbocycles. The third-order valence-corrected chi connectivity index (χ3v) is 4.30. The van der Waals surface area contributed by atoms with Gasteiger partial charge in [0.1, 0.15) is 5.75 Å². The standard InChI is InChI=1S/C17H25NO3/c1-3-21-16-7-5-15(6-8-16)13(2)18-11-10-14(12-18)4-9-17(19)20/h5-8,13-14H,3-4,9-12H2,1-2H3,(H,19,20). The first-order chi connectivity index (χ1) is 10.1. The van der Waals surface area contributed by atoms with E-state index < -0.39 is 5.97 Å². The number of rotatable bonds is 7. The van der Waals surface area contributed by atoms with Crippen molar-refractivity contribution in [2.75, 3.05) is 19.7 Å². The van der Waals surface area contributed by atoms with Gasteiger partial charge in [-0.15, -0.1) is 0 Å². The maximum absolute atomic E-state index is 10.7. The molecule has 2 rings (SSSR count). The Hall–Kier alpha value is -1.55. The number of carboxylic acids is 1. The zero-order valence-electron chi connectivity index (χ0n) is 12.9. The summed E-state index contributed by atoms with van der Waals surface area (Å²) < 4.78 is 5.47. The predicted molar refractivity (Wildman–Crippen MR) is 82.6 cm³/mol. The Morgan fingerprint density at radius 1 is 1.43 bits per heavy atom. The van der Waals surface area contributed by atoms with Crippen LogP contribution in [0.1, 0.15) is 44.7 Å². The molecule has 0 amide bonds. The van der Waals surface area contributed by atoms with E-state index in [9.17, 15) is 4.79 Å². The van der Waals surface area contributed by atoms with Crippen molar-refractivity contribution in [2.24, 2.45) is 5.92 Å². The van der Waals surface area contributed by atoms with Crippen molar-refractivity contribution in [1.29, 1.82) is 0 Å². The predicted octanol–water partition coefficient (Wildman–Crippen LogP) is 3.33. The molecule has 4 nitrogen and oxygen atoms in total. The van der Waals surface area contributed by atoms with E-state index in [-0.39, 0.29) is 6.42 Å². The van der Waals surface area contributed by atoms with Crippen molar-refractivity contribution in [2.45, 2.75) is 39.2 Å². The first kappa shape index (κ1) is 15.8. The molecular formula is C17H25NO3. The van der Waals surface area contributed by atoms with E-state index in [1.54, 1.807) is 0 Å². The Labute approximate surface area is 126 Å². The Bertz CT molecular complexity index is 458. The minimum absolute atomic E-state index is 0.288. The van der Waals surface area contributed by atoms with Crippen LogP contribution >= 0.6 is 0 Å². The summed E-state index contributed by atoms with van der Waals surface area (Å²) in [6.45, 7) is 6.94. The smallest absolute Gasteiger partial charge is 0.303 e. The van der Waals surface area contributed by atoms with Crippen LogP contribution in [0.3, 0.4) is 0 Å². The molecule has 1 aliphatic heterocycles. The van der Waals surface area contributed by atoms with Crippen molar-refractivity contribution in [3.63, 3.8) is 0 Å². The van der Waals surface area contributed by atoms with Gasteiger partial charge in [0.15, 0.2) is 0 Å². The van der Waals surface area contributed by atoms with Crippen molar-refractivity contribution in [1.82, 2.24) is 4.90 Å². The molecule has 1 aromatic rings. The van der Waals surface area contributed by atoms with Crippen LogP contribution in [0.25, 0.3) is 0 Å². The van der Waals surface area contributed by atoms with Crippen LogP contribution in [-0.4, -0.2) is 35.7 Å². The van der Waals surface area contributed by atoms with E-state index in [4.69, 9.17) is 9.84 Å². The molecule has 2 unspecified atom stereocenters. The van der Waals surface area contributed by atoms with E-state index in [2.05, 4.69) is 24.0 Å². The van der Waals surface area contributed by atoms with Gasteiger partial charge in [0.25, 0.3) is 0 Å². The van der Waals surface area contributed by atoms with Gasteiger partial charge in [-0.1, -0.05) is 12.1 Å². The highest BCUT2D eigenvalue weighted by molar-refractivity contribution is 5.66. The lowest BCUT2D eigenvalue weighted by atomic mass is 10.0.